The number of anilines is 1. The Balaban J connectivity index is 1.30. The van der Waals surface area contributed by atoms with Gasteiger partial charge < -0.3 is 15.1 Å². The summed E-state index contributed by atoms with van der Waals surface area (Å²) in [5.74, 6) is 0.0785. The Kier molecular flexibility index (Phi) is 7.08. The van der Waals surface area contributed by atoms with E-state index in [2.05, 4.69) is 22.3 Å². The third-order valence-corrected chi connectivity index (χ3v) is 7.90. The SMILES string of the molecule is C[C@H](NC(=O)C1(c2ccccc2)CCN(C(=O)c2ccc(N3CCCC3)cc2)CC1)c1ccccc1. The lowest BCUT2D eigenvalue weighted by molar-refractivity contribution is -0.129. The number of nitrogens with zero attached hydrogens (tertiary/aromatic N) is 2. The molecule has 0 unspecified atom stereocenters. The lowest BCUT2D eigenvalue weighted by Gasteiger charge is -2.41. The van der Waals surface area contributed by atoms with Crippen LogP contribution in [-0.4, -0.2) is 42.9 Å². The molecule has 186 valence electrons. The Labute approximate surface area is 214 Å². The molecule has 3 aromatic carbocycles. The minimum atomic E-state index is -0.652. The zero-order valence-electron chi connectivity index (χ0n) is 21.0. The van der Waals surface area contributed by atoms with E-state index in [0.717, 1.165) is 24.2 Å². The van der Waals surface area contributed by atoms with E-state index in [4.69, 9.17) is 0 Å². The second kappa shape index (κ2) is 10.6. The fraction of sp³-hybridized carbons (Fsp3) is 0.355. The maximum Gasteiger partial charge on any atom is 0.253 e. The maximum atomic E-state index is 13.8. The van der Waals surface area contributed by atoms with Crippen molar-refractivity contribution in [1.82, 2.24) is 10.2 Å². The smallest absolute Gasteiger partial charge is 0.253 e. The van der Waals surface area contributed by atoms with E-state index in [0.29, 0.717) is 31.5 Å². The normalized spacial score (nSPS) is 18.0. The summed E-state index contributed by atoms with van der Waals surface area (Å²) in [6, 6.07) is 28.0. The molecular weight excluding hydrogens is 446 g/mol. The van der Waals surface area contributed by atoms with Gasteiger partial charge in [0.2, 0.25) is 5.91 Å². The number of likely N-dealkylation sites (tertiary alicyclic amines) is 1. The number of hydrogen-bond donors (Lipinski definition) is 1. The fourth-order valence-corrected chi connectivity index (χ4v) is 5.63. The molecule has 2 fully saturated rings. The number of amides is 2. The van der Waals surface area contributed by atoms with Crippen molar-refractivity contribution >= 4 is 17.5 Å². The van der Waals surface area contributed by atoms with Crippen molar-refractivity contribution in [2.45, 2.75) is 44.1 Å². The molecule has 1 N–H and O–H groups in total. The van der Waals surface area contributed by atoms with Crippen molar-refractivity contribution in [3.05, 3.63) is 102 Å². The van der Waals surface area contributed by atoms with Crippen molar-refractivity contribution in [3.8, 4) is 0 Å². The van der Waals surface area contributed by atoms with Crippen LogP contribution in [0.4, 0.5) is 5.69 Å². The van der Waals surface area contributed by atoms with Crippen LogP contribution in [0.3, 0.4) is 0 Å². The first kappa shape index (κ1) is 24.1. The van der Waals surface area contributed by atoms with Crippen LogP contribution >= 0.6 is 0 Å². The Morgan fingerprint density at radius 1 is 0.778 bits per heavy atom. The van der Waals surface area contributed by atoms with Gasteiger partial charge in [0.05, 0.1) is 11.5 Å². The van der Waals surface area contributed by atoms with E-state index in [1.165, 1.54) is 18.5 Å². The summed E-state index contributed by atoms with van der Waals surface area (Å²) in [6.45, 7) is 5.30. The largest absolute Gasteiger partial charge is 0.372 e. The van der Waals surface area contributed by atoms with Crippen LogP contribution in [0, 0.1) is 0 Å². The zero-order valence-corrected chi connectivity index (χ0v) is 21.0. The molecule has 0 saturated carbocycles. The second-order valence-corrected chi connectivity index (χ2v) is 10.1. The molecule has 0 radical (unpaired) electrons. The van der Waals surface area contributed by atoms with Crippen LogP contribution in [0.2, 0.25) is 0 Å². The van der Waals surface area contributed by atoms with Gasteiger partial charge in [0.15, 0.2) is 0 Å². The van der Waals surface area contributed by atoms with Gasteiger partial charge in [-0.1, -0.05) is 60.7 Å². The summed E-state index contributed by atoms with van der Waals surface area (Å²) in [4.78, 5) is 31.4. The van der Waals surface area contributed by atoms with Gasteiger partial charge >= 0.3 is 0 Å². The molecule has 2 heterocycles. The molecule has 2 amide bonds. The number of hydrogen-bond acceptors (Lipinski definition) is 3. The average molecular weight is 482 g/mol. The minimum Gasteiger partial charge on any atom is -0.372 e. The summed E-state index contributed by atoms with van der Waals surface area (Å²) in [5.41, 5.74) is 3.35. The molecule has 0 bridgehead atoms. The molecule has 2 aliphatic rings. The molecule has 3 aromatic rings. The number of benzene rings is 3. The third kappa shape index (κ3) is 4.88. The molecule has 0 aromatic heterocycles. The van der Waals surface area contributed by atoms with E-state index < -0.39 is 5.41 Å². The minimum absolute atomic E-state index is 0.0344. The molecule has 0 spiro atoms. The van der Waals surface area contributed by atoms with Crippen LogP contribution in [0.25, 0.3) is 0 Å². The number of carbonyl (C=O) groups excluding carboxylic acids is 2. The quantitative estimate of drug-likeness (QED) is 0.517. The topological polar surface area (TPSA) is 52.7 Å². The van der Waals surface area contributed by atoms with Gasteiger partial charge in [-0.25, -0.2) is 0 Å². The van der Waals surface area contributed by atoms with Gasteiger partial charge in [-0.05, 0) is 68.0 Å². The summed E-state index contributed by atoms with van der Waals surface area (Å²) >= 11 is 0. The first-order valence-electron chi connectivity index (χ1n) is 13.1. The van der Waals surface area contributed by atoms with E-state index >= 15 is 0 Å². The Morgan fingerprint density at radius 3 is 1.97 bits per heavy atom. The Morgan fingerprint density at radius 2 is 1.36 bits per heavy atom. The number of rotatable bonds is 6. The van der Waals surface area contributed by atoms with E-state index in [-0.39, 0.29) is 17.9 Å². The van der Waals surface area contributed by atoms with Crippen molar-refractivity contribution in [2.24, 2.45) is 0 Å². The zero-order chi connectivity index (χ0) is 25.0. The van der Waals surface area contributed by atoms with Crippen molar-refractivity contribution in [3.63, 3.8) is 0 Å². The van der Waals surface area contributed by atoms with E-state index in [1.54, 1.807) is 0 Å². The van der Waals surface area contributed by atoms with Gasteiger partial charge in [0.25, 0.3) is 5.91 Å². The Bertz CT molecular complexity index is 1160. The molecule has 5 heteroatoms. The third-order valence-electron chi connectivity index (χ3n) is 7.90. The van der Waals surface area contributed by atoms with Gasteiger partial charge in [-0.3, -0.25) is 9.59 Å². The molecule has 5 nitrogen and oxygen atoms in total. The van der Waals surface area contributed by atoms with Crippen LogP contribution in [0.5, 0.6) is 0 Å². The number of piperidine rings is 1. The molecule has 5 rings (SSSR count). The summed E-state index contributed by atoms with van der Waals surface area (Å²) < 4.78 is 0. The highest BCUT2D eigenvalue weighted by Gasteiger charge is 2.44. The average Bonchev–Trinajstić information content (AvgIpc) is 3.49. The van der Waals surface area contributed by atoms with Crippen LogP contribution in [0.1, 0.15) is 60.1 Å². The highest BCUT2D eigenvalue weighted by molar-refractivity contribution is 5.95. The summed E-state index contributed by atoms with van der Waals surface area (Å²) in [5, 5.41) is 3.27. The monoisotopic (exact) mass is 481 g/mol. The van der Waals surface area contributed by atoms with Crippen molar-refractivity contribution in [1.29, 1.82) is 0 Å². The van der Waals surface area contributed by atoms with E-state index in [9.17, 15) is 9.59 Å². The first-order valence-corrected chi connectivity index (χ1v) is 13.1. The predicted octanol–water partition coefficient (Wildman–Crippen LogP) is 5.34. The van der Waals surface area contributed by atoms with Crippen LogP contribution in [0.15, 0.2) is 84.9 Å². The van der Waals surface area contributed by atoms with Gasteiger partial charge in [-0.2, -0.15) is 0 Å². The van der Waals surface area contributed by atoms with Gasteiger partial charge in [-0.15, -0.1) is 0 Å². The van der Waals surface area contributed by atoms with E-state index in [1.807, 2.05) is 84.6 Å². The first-order chi connectivity index (χ1) is 17.6. The van der Waals surface area contributed by atoms with Crippen LogP contribution < -0.4 is 10.2 Å². The molecule has 2 aliphatic heterocycles. The van der Waals surface area contributed by atoms with Gasteiger partial charge in [0, 0.05) is 37.4 Å². The van der Waals surface area contributed by atoms with Crippen LogP contribution in [-0.2, 0) is 10.2 Å². The molecule has 2 saturated heterocycles. The molecule has 1 atom stereocenters. The van der Waals surface area contributed by atoms with Gasteiger partial charge in [0.1, 0.15) is 0 Å². The highest BCUT2D eigenvalue weighted by Crippen LogP contribution is 2.37. The predicted molar refractivity (Wildman–Crippen MR) is 144 cm³/mol. The molecule has 0 aliphatic carbocycles. The number of carbonyl (C=O) groups is 2. The summed E-state index contributed by atoms with van der Waals surface area (Å²) in [6.07, 6.45) is 3.66. The lowest BCUT2D eigenvalue weighted by Crippen LogP contribution is -2.53. The highest BCUT2D eigenvalue weighted by atomic mass is 16.2. The lowest BCUT2D eigenvalue weighted by atomic mass is 9.71. The standard InChI is InChI=1S/C31H35N3O2/c1-24(25-10-4-2-5-11-25)32-30(36)31(27-12-6-3-7-13-27)18-22-34(23-19-31)29(35)26-14-16-28(17-15-26)33-20-8-9-21-33/h2-7,10-17,24H,8-9,18-23H2,1H3,(H,32,36)/t24-/m0/s1. The molecular formula is C31H35N3O2. The van der Waals surface area contributed by atoms with Crippen molar-refractivity contribution < 1.29 is 9.59 Å². The Hall–Kier alpha value is -3.60. The maximum absolute atomic E-state index is 13.8. The second-order valence-electron chi connectivity index (χ2n) is 10.1. The van der Waals surface area contributed by atoms with Crippen molar-refractivity contribution in [2.75, 3.05) is 31.1 Å². The molecule has 36 heavy (non-hydrogen) atoms. The fourth-order valence-electron chi connectivity index (χ4n) is 5.63. The number of nitrogens with one attached hydrogen (secondary N) is 1. The summed E-state index contributed by atoms with van der Waals surface area (Å²) in [7, 11) is 0.